The molecule has 7 nitrogen and oxygen atoms in total. The van der Waals surface area contributed by atoms with Gasteiger partial charge in [-0.3, -0.25) is 23.9 Å². The number of hydrogen-bond acceptors (Lipinski definition) is 5. The molecule has 0 aliphatic rings. The lowest BCUT2D eigenvalue weighted by molar-refractivity contribution is 0.0891. The number of aryl methyl sites for hydroxylation is 5. The van der Waals surface area contributed by atoms with Crippen LogP contribution in [0.4, 0.5) is 0 Å². The molecule has 0 bridgehead atoms. The van der Waals surface area contributed by atoms with Crippen LogP contribution in [0.5, 0.6) is 0 Å². The number of ketones is 2. The number of carbonyl (C=O) groups excluding carboxylic acids is 2. The van der Waals surface area contributed by atoms with Gasteiger partial charge in [-0.1, -0.05) is 6.07 Å². The summed E-state index contributed by atoms with van der Waals surface area (Å²) in [5.41, 5.74) is 7.67. The van der Waals surface area contributed by atoms with Crippen LogP contribution in [0.3, 0.4) is 0 Å². The van der Waals surface area contributed by atoms with Crippen LogP contribution in [0.15, 0.2) is 48.7 Å². The van der Waals surface area contributed by atoms with E-state index in [-0.39, 0.29) is 18.0 Å². The maximum absolute atomic E-state index is 13.2. The van der Waals surface area contributed by atoms with E-state index < -0.39 is 0 Å². The predicted octanol–water partition coefficient (Wildman–Crippen LogP) is 4.57. The minimum Gasteiger partial charge on any atom is -0.294 e. The zero-order valence-electron chi connectivity index (χ0n) is 20.3. The number of nitrogens with zero attached hydrogens (tertiary/aromatic N) is 5. The highest BCUT2D eigenvalue weighted by Gasteiger charge is 2.17. The molecule has 1 aromatic carbocycles. The van der Waals surface area contributed by atoms with E-state index in [0.717, 1.165) is 39.5 Å². The van der Waals surface area contributed by atoms with Gasteiger partial charge in [-0.15, -0.1) is 0 Å². The lowest BCUT2D eigenvalue weighted by Crippen LogP contribution is -2.13. The molecule has 0 saturated carbocycles. The SMILES string of the molecule is Cc1ccnc(C(=O)CC(=O)c2cc(Cn3nc(C)cc3C)cc(Cn3nc(C)cc3C)c2)c1. The van der Waals surface area contributed by atoms with Crippen molar-refractivity contribution in [1.29, 1.82) is 0 Å². The standard InChI is InChI=1S/C27H29N5O2/c1-17-6-7-28-25(8-17)27(34)14-26(33)24-12-22(15-31-20(4)9-18(2)29-31)11-23(13-24)16-32-21(5)10-19(3)30-32/h6-13H,14-16H2,1-5H3. The number of pyridine rings is 1. The van der Waals surface area contributed by atoms with E-state index in [9.17, 15) is 9.59 Å². The molecular formula is C27H29N5O2. The number of benzene rings is 1. The molecule has 4 aromatic rings. The molecule has 0 radical (unpaired) electrons. The summed E-state index contributed by atoms with van der Waals surface area (Å²) >= 11 is 0. The average molecular weight is 456 g/mol. The topological polar surface area (TPSA) is 82.7 Å². The van der Waals surface area contributed by atoms with Gasteiger partial charge in [-0.2, -0.15) is 10.2 Å². The van der Waals surface area contributed by atoms with Crippen molar-refractivity contribution in [2.24, 2.45) is 0 Å². The van der Waals surface area contributed by atoms with E-state index in [2.05, 4.69) is 21.2 Å². The monoisotopic (exact) mass is 455 g/mol. The van der Waals surface area contributed by atoms with Gasteiger partial charge in [0, 0.05) is 23.1 Å². The minimum absolute atomic E-state index is 0.223. The Bertz CT molecular complexity index is 1310. The number of rotatable bonds is 8. The predicted molar refractivity (Wildman–Crippen MR) is 130 cm³/mol. The van der Waals surface area contributed by atoms with Crippen LogP contribution in [0, 0.1) is 34.6 Å². The van der Waals surface area contributed by atoms with Crippen molar-refractivity contribution in [1.82, 2.24) is 24.5 Å². The summed E-state index contributed by atoms with van der Waals surface area (Å²) in [5.74, 6) is -0.504. The maximum Gasteiger partial charge on any atom is 0.188 e. The van der Waals surface area contributed by atoms with Crippen LogP contribution in [0.2, 0.25) is 0 Å². The second kappa shape index (κ2) is 9.55. The third-order valence-corrected chi connectivity index (χ3v) is 5.77. The summed E-state index contributed by atoms with van der Waals surface area (Å²) in [7, 11) is 0. The lowest BCUT2D eigenvalue weighted by Gasteiger charge is -2.12. The van der Waals surface area contributed by atoms with Crippen molar-refractivity contribution in [3.05, 3.63) is 99.4 Å². The Labute approximate surface area is 199 Å². The van der Waals surface area contributed by atoms with Gasteiger partial charge in [0.25, 0.3) is 0 Å². The van der Waals surface area contributed by atoms with E-state index in [0.29, 0.717) is 24.3 Å². The Kier molecular flexibility index (Phi) is 6.54. The minimum atomic E-state index is -0.280. The third-order valence-electron chi connectivity index (χ3n) is 5.77. The number of carbonyl (C=O) groups is 2. The zero-order chi connectivity index (χ0) is 24.4. The molecular weight excluding hydrogens is 426 g/mol. The quantitative estimate of drug-likeness (QED) is 0.287. The fraction of sp³-hybridized carbons (Fsp3) is 0.296. The van der Waals surface area contributed by atoms with E-state index in [1.165, 1.54) is 0 Å². The summed E-state index contributed by atoms with van der Waals surface area (Å²) in [4.78, 5) is 30.0. The summed E-state index contributed by atoms with van der Waals surface area (Å²) in [6.45, 7) is 10.9. The van der Waals surface area contributed by atoms with Crippen LogP contribution in [-0.4, -0.2) is 36.1 Å². The van der Waals surface area contributed by atoms with Crippen molar-refractivity contribution in [3.63, 3.8) is 0 Å². The second-order valence-corrected chi connectivity index (χ2v) is 8.95. The second-order valence-electron chi connectivity index (χ2n) is 8.95. The van der Waals surface area contributed by atoms with Gasteiger partial charge in [-0.05, 0) is 87.7 Å². The summed E-state index contributed by atoms with van der Waals surface area (Å²) in [6, 6.07) is 13.4. The fourth-order valence-electron chi connectivity index (χ4n) is 4.15. The van der Waals surface area contributed by atoms with Gasteiger partial charge in [0.05, 0.1) is 30.9 Å². The Morgan fingerprint density at radius 1 is 0.735 bits per heavy atom. The molecule has 3 aromatic heterocycles. The summed E-state index contributed by atoms with van der Waals surface area (Å²) < 4.78 is 3.85. The first-order valence-electron chi connectivity index (χ1n) is 11.3. The summed E-state index contributed by atoms with van der Waals surface area (Å²) in [5, 5.41) is 9.12. The average Bonchev–Trinajstić information content (AvgIpc) is 3.26. The molecule has 4 rings (SSSR count). The normalized spacial score (nSPS) is 11.1. The largest absolute Gasteiger partial charge is 0.294 e. The molecule has 0 fully saturated rings. The van der Waals surface area contributed by atoms with E-state index in [4.69, 9.17) is 0 Å². The molecule has 0 saturated heterocycles. The van der Waals surface area contributed by atoms with E-state index in [1.807, 2.05) is 74.3 Å². The van der Waals surface area contributed by atoms with Crippen LogP contribution < -0.4 is 0 Å². The Morgan fingerprint density at radius 2 is 1.29 bits per heavy atom. The van der Waals surface area contributed by atoms with Gasteiger partial charge in [0.2, 0.25) is 0 Å². The Hall–Kier alpha value is -3.87. The fourth-order valence-corrected chi connectivity index (χ4v) is 4.15. The molecule has 34 heavy (non-hydrogen) atoms. The first-order valence-corrected chi connectivity index (χ1v) is 11.3. The van der Waals surface area contributed by atoms with Crippen molar-refractivity contribution in [2.75, 3.05) is 0 Å². The van der Waals surface area contributed by atoms with Crippen LogP contribution in [-0.2, 0) is 13.1 Å². The first-order chi connectivity index (χ1) is 16.2. The van der Waals surface area contributed by atoms with Crippen LogP contribution in [0.25, 0.3) is 0 Å². The van der Waals surface area contributed by atoms with Gasteiger partial charge in [0.15, 0.2) is 11.6 Å². The van der Waals surface area contributed by atoms with Gasteiger partial charge in [0.1, 0.15) is 5.69 Å². The molecule has 0 atom stereocenters. The van der Waals surface area contributed by atoms with Gasteiger partial charge in [-0.25, -0.2) is 0 Å². The molecule has 0 N–H and O–H groups in total. The Balaban J connectivity index is 1.65. The van der Waals surface area contributed by atoms with Crippen molar-refractivity contribution >= 4 is 11.6 Å². The molecule has 0 aliphatic heterocycles. The zero-order valence-corrected chi connectivity index (χ0v) is 20.3. The molecule has 0 aliphatic carbocycles. The molecule has 7 heteroatoms. The molecule has 0 unspecified atom stereocenters. The molecule has 174 valence electrons. The molecule has 3 heterocycles. The van der Waals surface area contributed by atoms with Crippen molar-refractivity contribution in [3.8, 4) is 0 Å². The van der Waals surface area contributed by atoms with Crippen LogP contribution >= 0.6 is 0 Å². The number of aromatic nitrogens is 5. The highest BCUT2D eigenvalue weighted by atomic mass is 16.1. The Morgan fingerprint density at radius 3 is 1.76 bits per heavy atom. The summed E-state index contributed by atoms with van der Waals surface area (Å²) in [6.07, 6.45) is 1.37. The highest BCUT2D eigenvalue weighted by Crippen LogP contribution is 2.18. The molecule has 0 spiro atoms. The number of Topliss-reactive ketones (excluding diaryl/α,β-unsaturated/α-hetero) is 2. The van der Waals surface area contributed by atoms with Gasteiger partial charge < -0.3 is 0 Å². The van der Waals surface area contributed by atoms with Crippen LogP contribution in [0.1, 0.15) is 66.7 Å². The number of hydrogen-bond donors (Lipinski definition) is 0. The van der Waals surface area contributed by atoms with Crippen molar-refractivity contribution < 1.29 is 9.59 Å². The lowest BCUT2D eigenvalue weighted by atomic mass is 9.98. The van der Waals surface area contributed by atoms with Crippen molar-refractivity contribution in [2.45, 2.75) is 54.1 Å². The highest BCUT2D eigenvalue weighted by molar-refractivity contribution is 6.13. The first kappa shape index (κ1) is 23.3. The van der Waals surface area contributed by atoms with E-state index in [1.54, 1.807) is 12.3 Å². The maximum atomic E-state index is 13.2. The van der Waals surface area contributed by atoms with Gasteiger partial charge >= 0.3 is 0 Å². The smallest absolute Gasteiger partial charge is 0.188 e. The van der Waals surface area contributed by atoms with E-state index >= 15 is 0 Å². The molecule has 0 amide bonds. The third kappa shape index (κ3) is 5.36.